The Labute approximate surface area is 120 Å². The molecule has 0 saturated heterocycles. The number of hydrogen-bond donors (Lipinski definition) is 0. The maximum Gasteiger partial charge on any atom is 0.229 e. The van der Waals surface area contributed by atoms with Gasteiger partial charge < -0.3 is 4.74 Å². The maximum atomic E-state index is 12.5. The second-order valence-electron chi connectivity index (χ2n) is 5.16. The van der Waals surface area contributed by atoms with E-state index in [0.717, 1.165) is 0 Å². The Hall–Kier alpha value is -2.75. The number of benzene rings is 1. The Morgan fingerprint density at radius 2 is 1.62 bits per heavy atom. The number of hydrogen-bond acceptors (Lipinski definition) is 4. The van der Waals surface area contributed by atoms with Crippen LogP contribution in [0, 0.1) is 0 Å². The third-order valence-corrected chi connectivity index (χ3v) is 3.94. The van der Waals surface area contributed by atoms with Gasteiger partial charge >= 0.3 is 0 Å². The minimum Gasteiger partial charge on any atom is -0.452 e. The van der Waals surface area contributed by atoms with Gasteiger partial charge in [0.1, 0.15) is 5.76 Å². The molecule has 0 aromatic heterocycles. The van der Waals surface area contributed by atoms with Gasteiger partial charge in [-0.25, -0.2) is 0 Å². The summed E-state index contributed by atoms with van der Waals surface area (Å²) < 4.78 is 5.59. The van der Waals surface area contributed by atoms with Crippen LogP contribution < -0.4 is 0 Å². The molecule has 0 saturated carbocycles. The zero-order chi connectivity index (χ0) is 14.6. The van der Waals surface area contributed by atoms with E-state index in [-0.39, 0.29) is 29.5 Å². The van der Waals surface area contributed by atoms with E-state index in [1.807, 2.05) is 0 Å². The average molecular weight is 278 g/mol. The molecule has 2 aliphatic carbocycles. The van der Waals surface area contributed by atoms with Crippen LogP contribution in [-0.2, 0) is 9.53 Å². The molecular formula is C17H10O4. The molecule has 4 nitrogen and oxygen atoms in total. The van der Waals surface area contributed by atoms with Gasteiger partial charge in [0.25, 0.3) is 0 Å². The highest BCUT2D eigenvalue weighted by Crippen LogP contribution is 2.38. The van der Waals surface area contributed by atoms with Crippen molar-refractivity contribution in [1.82, 2.24) is 0 Å². The van der Waals surface area contributed by atoms with Crippen molar-refractivity contribution in [3.8, 4) is 0 Å². The van der Waals surface area contributed by atoms with Crippen LogP contribution in [0.25, 0.3) is 0 Å². The Balaban J connectivity index is 1.85. The summed E-state index contributed by atoms with van der Waals surface area (Å²) in [4.78, 5) is 37.0. The highest BCUT2D eigenvalue weighted by Gasteiger charge is 2.38. The number of allylic oxidation sites excluding steroid dienone is 5. The summed E-state index contributed by atoms with van der Waals surface area (Å²) in [6.45, 7) is 0. The Morgan fingerprint density at radius 3 is 2.38 bits per heavy atom. The van der Waals surface area contributed by atoms with E-state index in [2.05, 4.69) is 0 Å². The van der Waals surface area contributed by atoms with Gasteiger partial charge in [-0.05, 0) is 6.08 Å². The Bertz CT molecular complexity index is 821. The van der Waals surface area contributed by atoms with Crippen LogP contribution in [0.5, 0.6) is 0 Å². The van der Waals surface area contributed by atoms with Gasteiger partial charge in [0.15, 0.2) is 17.3 Å². The molecule has 0 atom stereocenters. The molecule has 1 aromatic carbocycles. The summed E-state index contributed by atoms with van der Waals surface area (Å²) in [5, 5.41) is 0. The fourth-order valence-corrected chi connectivity index (χ4v) is 2.87. The normalized spacial score (nSPS) is 20.1. The van der Waals surface area contributed by atoms with Crippen molar-refractivity contribution < 1.29 is 19.1 Å². The van der Waals surface area contributed by atoms with E-state index in [9.17, 15) is 14.4 Å². The summed E-state index contributed by atoms with van der Waals surface area (Å²) in [7, 11) is 0. The standard InChI is InChI=1S/C17H10O4/c18-13-6-3-7-14-11(13)8-12-15(19)9-4-1-2-5-10(9)16(20)17(12)21-14/h1-5,7H,6,8H2. The van der Waals surface area contributed by atoms with Crippen molar-refractivity contribution in [3.63, 3.8) is 0 Å². The molecule has 4 heteroatoms. The maximum absolute atomic E-state index is 12.5. The van der Waals surface area contributed by atoms with Crippen molar-refractivity contribution in [3.05, 3.63) is 70.2 Å². The first kappa shape index (κ1) is 12.0. The molecule has 0 unspecified atom stereocenters. The van der Waals surface area contributed by atoms with E-state index in [1.165, 1.54) is 0 Å². The second-order valence-corrected chi connectivity index (χ2v) is 5.16. The van der Waals surface area contributed by atoms with Crippen LogP contribution in [0.4, 0.5) is 0 Å². The molecule has 1 heterocycles. The van der Waals surface area contributed by atoms with E-state index < -0.39 is 0 Å². The summed E-state index contributed by atoms with van der Waals surface area (Å²) in [6, 6.07) is 6.69. The van der Waals surface area contributed by atoms with Gasteiger partial charge in [-0.2, -0.15) is 0 Å². The summed E-state index contributed by atoms with van der Waals surface area (Å²) in [6.07, 6.45) is 3.88. The molecular weight excluding hydrogens is 268 g/mol. The van der Waals surface area contributed by atoms with E-state index >= 15 is 0 Å². The quantitative estimate of drug-likeness (QED) is 0.731. The first-order chi connectivity index (χ1) is 10.2. The second kappa shape index (κ2) is 4.12. The minimum absolute atomic E-state index is 0.0573. The lowest BCUT2D eigenvalue weighted by atomic mass is 9.82. The molecule has 1 aliphatic heterocycles. The average Bonchev–Trinajstić information content (AvgIpc) is 2.52. The lowest BCUT2D eigenvalue weighted by Gasteiger charge is -2.27. The zero-order valence-corrected chi connectivity index (χ0v) is 11.0. The fraction of sp³-hybridized carbons (Fsp3) is 0.118. The molecule has 0 N–H and O–H groups in total. The van der Waals surface area contributed by atoms with Crippen LogP contribution in [0.3, 0.4) is 0 Å². The highest BCUT2D eigenvalue weighted by atomic mass is 16.5. The molecule has 0 spiro atoms. The minimum atomic E-state index is -0.293. The molecule has 1 aromatic rings. The van der Waals surface area contributed by atoms with Crippen LogP contribution in [-0.4, -0.2) is 17.3 Å². The molecule has 0 amide bonds. The van der Waals surface area contributed by atoms with Crippen molar-refractivity contribution in [2.45, 2.75) is 12.8 Å². The molecule has 0 bridgehead atoms. The molecule has 3 aliphatic rings. The van der Waals surface area contributed by atoms with Crippen LogP contribution in [0.1, 0.15) is 33.6 Å². The summed E-state index contributed by atoms with van der Waals surface area (Å²) in [5.41, 5.74) is 1.52. The number of carbonyl (C=O) groups excluding carboxylic acids is 3. The van der Waals surface area contributed by atoms with Crippen molar-refractivity contribution in [1.29, 1.82) is 0 Å². The number of carbonyl (C=O) groups is 3. The molecule has 102 valence electrons. The van der Waals surface area contributed by atoms with Crippen LogP contribution in [0.2, 0.25) is 0 Å². The number of Topliss-reactive ketones (excluding diaryl/α,β-unsaturated/α-hetero) is 3. The van der Waals surface area contributed by atoms with Crippen molar-refractivity contribution in [2.75, 3.05) is 0 Å². The SMILES string of the molecule is O=C1CC=CC2=C1CC1=C(O2)C(=O)c2ccccc2C1=O. The summed E-state index contributed by atoms with van der Waals surface area (Å²) in [5.74, 6) is -0.118. The van der Waals surface area contributed by atoms with Crippen molar-refractivity contribution >= 4 is 17.3 Å². The number of rotatable bonds is 0. The van der Waals surface area contributed by atoms with Crippen LogP contribution >= 0.6 is 0 Å². The first-order valence-corrected chi connectivity index (χ1v) is 6.69. The zero-order valence-electron chi connectivity index (χ0n) is 11.0. The number of ketones is 3. The van der Waals surface area contributed by atoms with Gasteiger partial charge in [-0.1, -0.05) is 30.3 Å². The highest BCUT2D eigenvalue weighted by molar-refractivity contribution is 6.27. The van der Waals surface area contributed by atoms with E-state index in [4.69, 9.17) is 4.74 Å². The Morgan fingerprint density at radius 1 is 0.905 bits per heavy atom. The van der Waals surface area contributed by atoms with E-state index in [1.54, 1.807) is 36.4 Å². The number of ether oxygens (including phenoxy) is 1. The molecule has 21 heavy (non-hydrogen) atoms. The lowest BCUT2D eigenvalue weighted by Crippen LogP contribution is -2.28. The van der Waals surface area contributed by atoms with E-state index in [0.29, 0.717) is 34.5 Å². The number of fused-ring (bicyclic) bond motifs is 1. The molecule has 4 rings (SSSR count). The van der Waals surface area contributed by atoms with Gasteiger partial charge in [-0.3, -0.25) is 14.4 Å². The lowest BCUT2D eigenvalue weighted by molar-refractivity contribution is -0.115. The van der Waals surface area contributed by atoms with Gasteiger partial charge in [0, 0.05) is 29.5 Å². The largest absolute Gasteiger partial charge is 0.452 e. The van der Waals surface area contributed by atoms with Gasteiger partial charge in [0.2, 0.25) is 5.78 Å². The molecule has 0 fully saturated rings. The molecule has 0 radical (unpaired) electrons. The Kier molecular flexibility index (Phi) is 2.36. The van der Waals surface area contributed by atoms with Gasteiger partial charge in [-0.15, -0.1) is 0 Å². The fourth-order valence-electron chi connectivity index (χ4n) is 2.87. The third-order valence-electron chi connectivity index (χ3n) is 3.94. The first-order valence-electron chi connectivity index (χ1n) is 6.69. The monoisotopic (exact) mass is 278 g/mol. The predicted octanol–water partition coefficient (Wildman–Crippen LogP) is 2.52. The van der Waals surface area contributed by atoms with Crippen molar-refractivity contribution in [2.24, 2.45) is 0 Å². The summed E-state index contributed by atoms with van der Waals surface area (Å²) >= 11 is 0. The van der Waals surface area contributed by atoms with Crippen LogP contribution in [0.15, 0.2) is 59.1 Å². The predicted molar refractivity (Wildman–Crippen MR) is 73.6 cm³/mol. The smallest absolute Gasteiger partial charge is 0.229 e. The van der Waals surface area contributed by atoms with Gasteiger partial charge in [0.05, 0.1) is 5.57 Å². The topological polar surface area (TPSA) is 60.4 Å². The third kappa shape index (κ3) is 1.59.